The lowest BCUT2D eigenvalue weighted by Gasteiger charge is -2.00. The van der Waals surface area contributed by atoms with Crippen molar-refractivity contribution in [2.75, 3.05) is 7.05 Å². The lowest BCUT2D eigenvalue weighted by atomic mass is 10.2. The fourth-order valence-electron chi connectivity index (χ4n) is 0.823. The predicted octanol–water partition coefficient (Wildman–Crippen LogP) is 0.891. The summed E-state index contributed by atoms with van der Waals surface area (Å²) in [5, 5.41) is 11.1. The molecule has 0 spiro atoms. The van der Waals surface area contributed by atoms with Crippen molar-refractivity contribution in [2.24, 2.45) is 0 Å². The van der Waals surface area contributed by atoms with Crippen LogP contribution in [0, 0.1) is 5.82 Å². The number of nitrogens with one attached hydrogen (secondary N) is 1. The highest BCUT2D eigenvalue weighted by atomic mass is 19.1. The van der Waals surface area contributed by atoms with E-state index in [1.54, 1.807) is 0 Å². The zero-order chi connectivity index (χ0) is 9.14. The predicted molar refractivity (Wildman–Crippen MR) is 41.5 cm³/mol. The van der Waals surface area contributed by atoms with Crippen LogP contribution in [0.25, 0.3) is 0 Å². The van der Waals surface area contributed by atoms with Crippen molar-refractivity contribution in [3.63, 3.8) is 0 Å². The monoisotopic (exact) mass is 169 g/mol. The minimum atomic E-state index is -0.727. The molecule has 0 saturated carbocycles. The largest absolute Gasteiger partial charge is 0.508 e. The second-order valence-electron chi connectivity index (χ2n) is 2.24. The molecule has 0 aromatic heterocycles. The summed E-state index contributed by atoms with van der Waals surface area (Å²) in [4.78, 5) is 10.9. The molecule has 0 atom stereocenters. The summed E-state index contributed by atoms with van der Waals surface area (Å²) in [5.41, 5.74) is -0.0738. The van der Waals surface area contributed by atoms with Crippen LogP contribution in [-0.4, -0.2) is 18.1 Å². The minimum absolute atomic E-state index is 0.0738. The Morgan fingerprint density at radius 1 is 1.58 bits per heavy atom. The van der Waals surface area contributed by atoms with Crippen molar-refractivity contribution >= 4 is 5.91 Å². The van der Waals surface area contributed by atoms with Gasteiger partial charge in [-0.05, 0) is 12.1 Å². The van der Waals surface area contributed by atoms with Crippen LogP contribution in [0.3, 0.4) is 0 Å². The number of carbonyl (C=O) groups is 1. The zero-order valence-corrected chi connectivity index (χ0v) is 6.47. The number of aromatic hydroxyl groups is 1. The van der Waals surface area contributed by atoms with Gasteiger partial charge in [-0.1, -0.05) is 0 Å². The van der Waals surface area contributed by atoms with Gasteiger partial charge < -0.3 is 10.4 Å². The number of phenols is 1. The van der Waals surface area contributed by atoms with E-state index in [1.165, 1.54) is 19.2 Å². The van der Waals surface area contributed by atoms with Gasteiger partial charge in [0.15, 0.2) is 0 Å². The van der Waals surface area contributed by atoms with E-state index >= 15 is 0 Å². The van der Waals surface area contributed by atoms with Crippen LogP contribution in [0.1, 0.15) is 10.4 Å². The van der Waals surface area contributed by atoms with Crippen molar-refractivity contribution < 1.29 is 14.3 Å². The first kappa shape index (κ1) is 8.52. The van der Waals surface area contributed by atoms with E-state index in [2.05, 4.69) is 5.32 Å². The van der Waals surface area contributed by atoms with Crippen molar-refractivity contribution in [3.8, 4) is 5.75 Å². The molecular formula is C8H8FNO2. The summed E-state index contributed by atoms with van der Waals surface area (Å²) in [6.07, 6.45) is 0. The molecular weight excluding hydrogens is 161 g/mol. The van der Waals surface area contributed by atoms with Crippen molar-refractivity contribution in [1.82, 2.24) is 5.32 Å². The molecule has 2 N–H and O–H groups in total. The van der Waals surface area contributed by atoms with Crippen LogP contribution in [0.5, 0.6) is 5.75 Å². The first-order valence-corrected chi connectivity index (χ1v) is 3.35. The molecule has 0 aliphatic carbocycles. The molecule has 3 nitrogen and oxygen atoms in total. The number of carbonyl (C=O) groups excluding carboxylic acids is 1. The van der Waals surface area contributed by atoms with E-state index in [9.17, 15) is 9.18 Å². The minimum Gasteiger partial charge on any atom is -0.508 e. The van der Waals surface area contributed by atoms with Crippen LogP contribution in [-0.2, 0) is 0 Å². The van der Waals surface area contributed by atoms with Crippen LogP contribution >= 0.6 is 0 Å². The average Bonchev–Trinajstić information content (AvgIpc) is 2.03. The van der Waals surface area contributed by atoms with Crippen molar-refractivity contribution in [3.05, 3.63) is 29.6 Å². The smallest absolute Gasteiger partial charge is 0.254 e. The summed E-state index contributed by atoms with van der Waals surface area (Å²) < 4.78 is 12.9. The highest BCUT2D eigenvalue weighted by Gasteiger charge is 2.09. The molecule has 0 aliphatic heterocycles. The van der Waals surface area contributed by atoms with E-state index in [4.69, 9.17) is 5.11 Å². The van der Waals surface area contributed by atoms with E-state index < -0.39 is 11.7 Å². The second kappa shape index (κ2) is 3.21. The summed E-state index contributed by atoms with van der Waals surface area (Å²) >= 11 is 0. The molecule has 0 heterocycles. The molecule has 0 bridgehead atoms. The first-order chi connectivity index (χ1) is 5.65. The Bertz CT molecular complexity index is 312. The van der Waals surface area contributed by atoms with E-state index in [0.717, 1.165) is 6.07 Å². The topological polar surface area (TPSA) is 49.3 Å². The van der Waals surface area contributed by atoms with Gasteiger partial charge in [-0.3, -0.25) is 4.79 Å². The quantitative estimate of drug-likeness (QED) is 0.655. The van der Waals surface area contributed by atoms with Gasteiger partial charge in [0.05, 0.1) is 5.56 Å². The van der Waals surface area contributed by atoms with Crippen molar-refractivity contribution in [1.29, 1.82) is 0 Å². The van der Waals surface area contributed by atoms with Gasteiger partial charge >= 0.3 is 0 Å². The second-order valence-corrected chi connectivity index (χ2v) is 2.24. The van der Waals surface area contributed by atoms with Crippen LogP contribution in [0.2, 0.25) is 0 Å². The lowest BCUT2D eigenvalue weighted by Crippen LogP contribution is -2.18. The van der Waals surface area contributed by atoms with E-state index in [1.807, 2.05) is 0 Å². The molecule has 64 valence electrons. The maximum absolute atomic E-state index is 12.9. The van der Waals surface area contributed by atoms with Crippen LogP contribution in [0.4, 0.5) is 4.39 Å². The Balaban J connectivity index is 3.09. The van der Waals surface area contributed by atoms with Crippen LogP contribution in [0.15, 0.2) is 18.2 Å². The molecule has 0 unspecified atom stereocenters. The summed E-state index contributed by atoms with van der Waals surface area (Å²) in [6, 6.07) is 3.38. The maximum Gasteiger partial charge on any atom is 0.254 e. The Morgan fingerprint density at radius 2 is 2.25 bits per heavy atom. The Kier molecular flexibility index (Phi) is 2.28. The van der Waals surface area contributed by atoms with Gasteiger partial charge in [0.2, 0.25) is 0 Å². The summed E-state index contributed by atoms with van der Waals surface area (Å²) in [5.74, 6) is -1.43. The van der Waals surface area contributed by atoms with Gasteiger partial charge in [0.1, 0.15) is 11.6 Å². The first-order valence-electron chi connectivity index (χ1n) is 3.35. The third kappa shape index (κ3) is 1.53. The lowest BCUT2D eigenvalue weighted by molar-refractivity contribution is 0.0959. The fourth-order valence-corrected chi connectivity index (χ4v) is 0.823. The number of hydrogen-bond acceptors (Lipinski definition) is 2. The van der Waals surface area contributed by atoms with Crippen LogP contribution < -0.4 is 5.32 Å². The van der Waals surface area contributed by atoms with E-state index in [-0.39, 0.29) is 11.3 Å². The molecule has 0 saturated heterocycles. The zero-order valence-electron chi connectivity index (χ0n) is 6.47. The van der Waals surface area contributed by atoms with Gasteiger partial charge in [0.25, 0.3) is 5.91 Å². The molecule has 0 fully saturated rings. The average molecular weight is 169 g/mol. The van der Waals surface area contributed by atoms with Gasteiger partial charge in [-0.2, -0.15) is 0 Å². The number of phenolic OH excluding ortho intramolecular Hbond substituents is 1. The summed E-state index contributed by atoms with van der Waals surface area (Å²) in [6.45, 7) is 0. The molecule has 12 heavy (non-hydrogen) atoms. The maximum atomic E-state index is 12.9. The van der Waals surface area contributed by atoms with E-state index in [0.29, 0.717) is 0 Å². The Hall–Kier alpha value is -1.58. The number of amides is 1. The normalized spacial score (nSPS) is 9.50. The molecule has 1 aromatic carbocycles. The molecule has 0 aliphatic rings. The molecule has 0 radical (unpaired) electrons. The highest BCUT2D eigenvalue weighted by Crippen LogP contribution is 2.14. The number of rotatable bonds is 1. The van der Waals surface area contributed by atoms with Gasteiger partial charge in [-0.25, -0.2) is 4.39 Å². The Morgan fingerprint density at radius 3 is 2.75 bits per heavy atom. The standard InChI is InChI=1S/C8H8FNO2/c1-10-8(12)6-3-2-5(11)4-7(6)9/h2-4,11H,1H3,(H,10,12). The third-order valence-corrected chi connectivity index (χ3v) is 1.42. The SMILES string of the molecule is CNC(=O)c1ccc(O)cc1F. The number of halogens is 1. The third-order valence-electron chi connectivity index (χ3n) is 1.42. The highest BCUT2D eigenvalue weighted by molar-refractivity contribution is 5.94. The summed E-state index contributed by atoms with van der Waals surface area (Å²) in [7, 11) is 1.41. The van der Waals surface area contributed by atoms with Crippen molar-refractivity contribution in [2.45, 2.75) is 0 Å². The number of hydrogen-bond donors (Lipinski definition) is 2. The molecule has 1 amide bonds. The fraction of sp³-hybridized carbons (Fsp3) is 0.125. The van der Waals surface area contributed by atoms with Gasteiger partial charge in [-0.15, -0.1) is 0 Å². The number of benzene rings is 1. The molecule has 1 aromatic rings. The van der Waals surface area contributed by atoms with Gasteiger partial charge in [0, 0.05) is 13.1 Å². The Labute approximate surface area is 68.8 Å². The molecule has 1 rings (SSSR count). The molecule has 4 heteroatoms.